The standard InChI is InChI=1S/C26H21N5O4/c32-22(27-15-18-9-3-1-4-10-18)16-30-21-14-8-7-13-20(21)25(33)31(26(30)34)17-23-28-24(29-35-23)19-11-5-2-6-12-19/h1-14H,15-17H2,(H,27,32). The van der Waals surface area contributed by atoms with Crippen LogP contribution in [-0.2, 0) is 24.4 Å². The smallest absolute Gasteiger partial charge is 0.332 e. The number of carbonyl (C=O) groups is 1. The molecule has 0 saturated carbocycles. The van der Waals surface area contributed by atoms with Gasteiger partial charge in [0, 0.05) is 12.1 Å². The molecule has 3 aromatic carbocycles. The number of nitrogens with one attached hydrogen (secondary N) is 1. The van der Waals surface area contributed by atoms with E-state index in [2.05, 4.69) is 15.5 Å². The summed E-state index contributed by atoms with van der Waals surface area (Å²) < 4.78 is 7.60. The van der Waals surface area contributed by atoms with Gasteiger partial charge in [-0.15, -0.1) is 0 Å². The quantitative estimate of drug-likeness (QED) is 0.394. The van der Waals surface area contributed by atoms with Crippen LogP contribution in [0.4, 0.5) is 0 Å². The van der Waals surface area contributed by atoms with Crippen LogP contribution in [-0.4, -0.2) is 25.2 Å². The topological polar surface area (TPSA) is 112 Å². The van der Waals surface area contributed by atoms with Gasteiger partial charge in [-0.3, -0.25) is 18.7 Å². The van der Waals surface area contributed by atoms with Crippen LogP contribution >= 0.6 is 0 Å². The maximum absolute atomic E-state index is 13.4. The lowest BCUT2D eigenvalue weighted by molar-refractivity contribution is -0.121. The van der Waals surface area contributed by atoms with E-state index in [1.807, 2.05) is 60.7 Å². The Bertz CT molecular complexity index is 1600. The summed E-state index contributed by atoms with van der Waals surface area (Å²) in [6.45, 7) is -0.129. The number of fused-ring (bicyclic) bond motifs is 1. The first-order valence-electron chi connectivity index (χ1n) is 11.0. The number of benzene rings is 3. The van der Waals surface area contributed by atoms with Crippen LogP contribution in [0, 0.1) is 0 Å². The number of amides is 1. The average Bonchev–Trinajstić information content (AvgIpc) is 3.38. The van der Waals surface area contributed by atoms with E-state index >= 15 is 0 Å². The van der Waals surface area contributed by atoms with Crippen LogP contribution < -0.4 is 16.6 Å². The summed E-state index contributed by atoms with van der Waals surface area (Å²) in [5, 5.41) is 7.08. The van der Waals surface area contributed by atoms with Crippen molar-refractivity contribution in [1.29, 1.82) is 0 Å². The van der Waals surface area contributed by atoms with E-state index in [1.54, 1.807) is 24.3 Å². The monoisotopic (exact) mass is 467 g/mol. The predicted octanol–water partition coefficient (Wildman–Crippen LogP) is 2.58. The van der Waals surface area contributed by atoms with Crippen molar-refractivity contribution >= 4 is 16.8 Å². The number of nitrogens with zero attached hydrogens (tertiary/aromatic N) is 4. The largest absolute Gasteiger partial charge is 0.350 e. The molecule has 0 aliphatic carbocycles. The molecule has 0 atom stereocenters. The molecule has 9 nitrogen and oxygen atoms in total. The summed E-state index contributed by atoms with van der Waals surface area (Å²) in [6, 6.07) is 25.4. The fourth-order valence-corrected chi connectivity index (χ4v) is 3.82. The third kappa shape index (κ3) is 4.65. The van der Waals surface area contributed by atoms with E-state index in [1.165, 1.54) is 4.57 Å². The molecule has 35 heavy (non-hydrogen) atoms. The van der Waals surface area contributed by atoms with Crippen molar-refractivity contribution in [2.45, 2.75) is 19.6 Å². The Labute approximate surface area is 199 Å². The van der Waals surface area contributed by atoms with Gasteiger partial charge < -0.3 is 9.84 Å². The van der Waals surface area contributed by atoms with E-state index in [4.69, 9.17) is 4.52 Å². The molecule has 1 N–H and O–H groups in total. The molecular formula is C26H21N5O4. The first kappa shape index (κ1) is 22.0. The Morgan fingerprint density at radius 3 is 2.31 bits per heavy atom. The van der Waals surface area contributed by atoms with E-state index in [0.29, 0.717) is 23.3 Å². The van der Waals surface area contributed by atoms with Gasteiger partial charge in [-0.1, -0.05) is 78.0 Å². The van der Waals surface area contributed by atoms with Gasteiger partial charge in [0.25, 0.3) is 5.56 Å². The maximum atomic E-state index is 13.4. The third-order valence-electron chi connectivity index (χ3n) is 5.56. The van der Waals surface area contributed by atoms with E-state index in [-0.39, 0.29) is 24.9 Å². The Balaban J connectivity index is 1.46. The summed E-state index contributed by atoms with van der Waals surface area (Å²) >= 11 is 0. The zero-order valence-corrected chi connectivity index (χ0v) is 18.6. The van der Waals surface area contributed by atoms with Gasteiger partial charge in [-0.25, -0.2) is 4.79 Å². The molecule has 0 bridgehead atoms. The minimum Gasteiger partial charge on any atom is -0.350 e. The lowest BCUT2D eigenvalue weighted by atomic mass is 10.2. The van der Waals surface area contributed by atoms with Gasteiger partial charge in [-0.05, 0) is 17.7 Å². The van der Waals surface area contributed by atoms with Crippen LogP contribution in [0.2, 0.25) is 0 Å². The molecule has 9 heteroatoms. The zero-order valence-electron chi connectivity index (χ0n) is 18.6. The minimum absolute atomic E-state index is 0.110. The summed E-state index contributed by atoms with van der Waals surface area (Å²) in [5.74, 6) is 0.115. The summed E-state index contributed by atoms with van der Waals surface area (Å²) in [5.41, 5.74) is 0.938. The van der Waals surface area contributed by atoms with Crippen molar-refractivity contribution in [3.8, 4) is 11.4 Å². The number of carbonyl (C=O) groups excluding carboxylic acids is 1. The number of rotatable bonds is 7. The fourth-order valence-electron chi connectivity index (χ4n) is 3.82. The van der Waals surface area contributed by atoms with Gasteiger partial charge in [0.1, 0.15) is 13.1 Å². The van der Waals surface area contributed by atoms with Crippen LogP contribution in [0.5, 0.6) is 0 Å². The summed E-state index contributed by atoms with van der Waals surface area (Å²) in [7, 11) is 0. The Hall–Kier alpha value is -4.79. The molecule has 2 aromatic heterocycles. The minimum atomic E-state index is -0.636. The van der Waals surface area contributed by atoms with Gasteiger partial charge in [0.15, 0.2) is 0 Å². The molecule has 0 aliphatic rings. The highest BCUT2D eigenvalue weighted by Gasteiger charge is 2.18. The van der Waals surface area contributed by atoms with Crippen LogP contribution in [0.3, 0.4) is 0 Å². The number of para-hydroxylation sites is 1. The molecule has 0 fully saturated rings. The number of hydrogen-bond acceptors (Lipinski definition) is 6. The SMILES string of the molecule is O=C(Cn1c(=O)n(Cc2nc(-c3ccccc3)no2)c(=O)c2ccccc21)NCc1ccccc1. The van der Waals surface area contributed by atoms with E-state index in [9.17, 15) is 14.4 Å². The van der Waals surface area contributed by atoms with Crippen LogP contribution in [0.25, 0.3) is 22.3 Å². The molecule has 5 aromatic rings. The normalized spacial score (nSPS) is 11.0. The molecule has 174 valence electrons. The highest BCUT2D eigenvalue weighted by molar-refractivity contribution is 5.81. The maximum Gasteiger partial charge on any atom is 0.332 e. The fraction of sp³-hybridized carbons (Fsp3) is 0.115. The second-order valence-electron chi connectivity index (χ2n) is 7.92. The van der Waals surface area contributed by atoms with Crippen molar-refractivity contribution in [1.82, 2.24) is 24.6 Å². The van der Waals surface area contributed by atoms with Gasteiger partial charge in [-0.2, -0.15) is 4.98 Å². The van der Waals surface area contributed by atoms with Crippen molar-refractivity contribution in [2.75, 3.05) is 0 Å². The van der Waals surface area contributed by atoms with Crippen molar-refractivity contribution in [3.63, 3.8) is 0 Å². The average molecular weight is 467 g/mol. The second kappa shape index (κ2) is 9.60. The Morgan fingerprint density at radius 1 is 0.857 bits per heavy atom. The van der Waals surface area contributed by atoms with Crippen molar-refractivity contribution in [3.05, 3.63) is 117 Å². The molecule has 1 amide bonds. The zero-order chi connectivity index (χ0) is 24.2. The first-order valence-corrected chi connectivity index (χ1v) is 11.0. The first-order chi connectivity index (χ1) is 17.1. The molecule has 0 aliphatic heterocycles. The molecule has 0 unspecified atom stereocenters. The van der Waals surface area contributed by atoms with Crippen molar-refractivity contribution in [2.24, 2.45) is 0 Å². The third-order valence-corrected chi connectivity index (χ3v) is 5.56. The molecular weight excluding hydrogens is 446 g/mol. The van der Waals surface area contributed by atoms with E-state index < -0.39 is 11.2 Å². The lowest BCUT2D eigenvalue weighted by Gasteiger charge is -2.13. The second-order valence-corrected chi connectivity index (χ2v) is 7.92. The molecule has 0 saturated heterocycles. The summed E-state index contributed by atoms with van der Waals surface area (Å²) in [6.07, 6.45) is 0. The highest BCUT2D eigenvalue weighted by atomic mass is 16.5. The van der Waals surface area contributed by atoms with Gasteiger partial charge in [0.05, 0.1) is 10.9 Å². The lowest BCUT2D eigenvalue weighted by Crippen LogP contribution is -2.42. The Kier molecular flexibility index (Phi) is 6.04. The molecule has 5 rings (SSSR count). The molecule has 0 spiro atoms. The number of aromatic nitrogens is 4. The predicted molar refractivity (Wildman–Crippen MR) is 130 cm³/mol. The van der Waals surface area contributed by atoms with Gasteiger partial charge in [0.2, 0.25) is 17.6 Å². The van der Waals surface area contributed by atoms with E-state index in [0.717, 1.165) is 15.7 Å². The Morgan fingerprint density at radius 2 is 1.54 bits per heavy atom. The van der Waals surface area contributed by atoms with Crippen molar-refractivity contribution < 1.29 is 9.32 Å². The highest BCUT2D eigenvalue weighted by Crippen LogP contribution is 2.15. The number of hydrogen-bond donors (Lipinski definition) is 1. The van der Waals surface area contributed by atoms with Crippen LogP contribution in [0.15, 0.2) is 99.0 Å². The molecule has 2 heterocycles. The molecule has 0 radical (unpaired) electrons. The summed E-state index contributed by atoms with van der Waals surface area (Å²) in [4.78, 5) is 43.5. The van der Waals surface area contributed by atoms with Crippen LogP contribution in [0.1, 0.15) is 11.5 Å². The van der Waals surface area contributed by atoms with Gasteiger partial charge >= 0.3 is 5.69 Å².